The highest BCUT2D eigenvalue weighted by Crippen LogP contribution is 2.15. The minimum atomic E-state index is -0.760. The fraction of sp³-hybridized carbons (Fsp3) is 0.105. The van der Waals surface area contributed by atoms with Gasteiger partial charge < -0.3 is 10.6 Å². The van der Waals surface area contributed by atoms with E-state index in [0.29, 0.717) is 11.3 Å². The number of carbonyl (C=O) groups excluding carboxylic acids is 3. The fourth-order valence-electron chi connectivity index (χ4n) is 2.50. The van der Waals surface area contributed by atoms with E-state index in [1.54, 1.807) is 24.3 Å². The Morgan fingerprint density at radius 2 is 1.78 bits per heavy atom. The molecule has 27 heavy (non-hydrogen) atoms. The van der Waals surface area contributed by atoms with Gasteiger partial charge in [0.05, 0.1) is 13.1 Å². The second-order valence-electron chi connectivity index (χ2n) is 5.79. The first-order chi connectivity index (χ1) is 12.9. The molecule has 1 aliphatic rings. The van der Waals surface area contributed by atoms with Crippen molar-refractivity contribution in [3.8, 4) is 0 Å². The molecule has 4 amide bonds. The average Bonchev–Trinajstić information content (AvgIpc) is 2.95. The summed E-state index contributed by atoms with van der Waals surface area (Å²) in [5, 5.41) is 4.99. The van der Waals surface area contributed by atoms with Crippen LogP contribution in [-0.2, 0) is 16.1 Å². The summed E-state index contributed by atoms with van der Waals surface area (Å²) < 4.78 is 27.0. The Labute approximate surface area is 153 Å². The van der Waals surface area contributed by atoms with E-state index in [9.17, 15) is 23.2 Å². The molecule has 0 atom stereocenters. The van der Waals surface area contributed by atoms with Gasteiger partial charge in [-0.1, -0.05) is 18.2 Å². The number of amides is 4. The van der Waals surface area contributed by atoms with Crippen LogP contribution in [0.5, 0.6) is 0 Å². The molecule has 1 fully saturated rings. The Morgan fingerprint density at radius 1 is 1.11 bits per heavy atom. The van der Waals surface area contributed by atoms with Crippen molar-refractivity contribution in [1.29, 1.82) is 0 Å². The monoisotopic (exact) mass is 371 g/mol. The van der Waals surface area contributed by atoms with Gasteiger partial charge in [-0.25, -0.2) is 13.6 Å². The van der Waals surface area contributed by atoms with Gasteiger partial charge in [-0.05, 0) is 35.9 Å². The van der Waals surface area contributed by atoms with Crippen LogP contribution < -0.4 is 10.6 Å². The number of hydrogen-bond acceptors (Lipinski definition) is 3. The summed E-state index contributed by atoms with van der Waals surface area (Å²) in [6.45, 7) is 0.118. The zero-order valence-corrected chi connectivity index (χ0v) is 14.0. The zero-order chi connectivity index (χ0) is 19.4. The molecule has 8 heteroatoms. The number of hydrogen-bond donors (Lipinski definition) is 2. The van der Waals surface area contributed by atoms with Crippen LogP contribution in [0.4, 0.5) is 19.3 Å². The van der Waals surface area contributed by atoms with E-state index in [4.69, 9.17) is 0 Å². The molecule has 3 rings (SSSR count). The molecule has 6 nitrogen and oxygen atoms in total. The van der Waals surface area contributed by atoms with Crippen molar-refractivity contribution in [2.24, 2.45) is 0 Å². The first-order valence-electron chi connectivity index (χ1n) is 8.04. The Morgan fingerprint density at radius 3 is 2.37 bits per heavy atom. The van der Waals surface area contributed by atoms with Crippen molar-refractivity contribution in [1.82, 2.24) is 10.2 Å². The Hall–Kier alpha value is -3.55. The minimum absolute atomic E-state index is 0.0120. The molecule has 0 aromatic heterocycles. The molecule has 0 bridgehead atoms. The van der Waals surface area contributed by atoms with Gasteiger partial charge in [0, 0.05) is 17.3 Å². The van der Waals surface area contributed by atoms with E-state index in [0.717, 1.165) is 29.2 Å². The molecule has 2 aromatic rings. The molecule has 2 N–H and O–H groups in total. The van der Waals surface area contributed by atoms with Gasteiger partial charge in [-0.3, -0.25) is 14.5 Å². The van der Waals surface area contributed by atoms with E-state index in [-0.39, 0.29) is 24.6 Å². The van der Waals surface area contributed by atoms with Crippen molar-refractivity contribution in [2.75, 3.05) is 11.9 Å². The van der Waals surface area contributed by atoms with Gasteiger partial charge in [-0.15, -0.1) is 0 Å². The second-order valence-corrected chi connectivity index (χ2v) is 5.79. The van der Waals surface area contributed by atoms with Crippen molar-refractivity contribution >= 4 is 29.6 Å². The first kappa shape index (κ1) is 18.2. The number of anilines is 1. The molecule has 0 spiro atoms. The van der Waals surface area contributed by atoms with E-state index >= 15 is 0 Å². The van der Waals surface area contributed by atoms with Gasteiger partial charge in [0.15, 0.2) is 0 Å². The normalized spacial score (nSPS) is 13.9. The van der Waals surface area contributed by atoms with Crippen molar-refractivity contribution in [3.05, 3.63) is 71.3 Å². The van der Waals surface area contributed by atoms with Crippen LogP contribution in [0.3, 0.4) is 0 Å². The third-order valence-corrected chi connectivity index (χ3v) is 3.90. The number of carbonyl (C=O) groups is 3. The molecule has 0 radical (unpaired) electrons. The molecule has 2 aromatic carbocycles. The lowest BCUT2D eigenvalue weighted by atomic mass is 10.1. The Bertz CT molecular complexity index is 890. The van der Waals surface area contributed by atoms with Crippen LogP contribution in [0, 0.1) is 11.6 Å². The summed E-state index contributed by atoms with van der Waals surface area (Å²) in [6, 6.07) is 9.52. The topological polar surface area (TPSA) is 78.5 Å². The van der Waals surface area contributed by atoms with Crippen LogP contribution in [-0.4, -0.2) is 29.3 Å². The molecular weight excluding hydrogens is 356 g/mol. The van der Waals surface area contributed by atoms with Gasteiger partial charge in [-0.2, -0.15) is 0 Å². The molecule has 0 saturated carbocycles. The Balaban J connectivity index is 1.61. The minimum Gasteiger partial charge on any atom is -0.329 e. The standard InChI is InChI=1S/C19H15F2N3O3/c20-15-2-1-3-16(21)14(15)8-9-17(25)23-13-6-4-12(5-7-13)11-24-18(26)10-22-19(24)27/h1-9H,10-11H2,(H,22,27)(H,23,25)/b9-8+. The summed E-state index contributed by atoms with van der Waals surface area (Å²) in [4.78, 5) is 36.1. The lowest BCUT2D eigenvalue weighted by Gasteiger charge is -2.12. The Kier molecular flexibility index (Phi) is 5.25. The summed E-state index contributed by atoms with van der Waals surface area (Å²) in [7, 11) is 0. The maximum atomic E-state index is 13.5. The average molecular weight is 371 g/mol. The SMILES string of the molecule is O=C(/C=C/c1c(F)cccc1F)Nc1ccc(CN2C(=O)CNC2=O)cc1. The van der Waals surface area contributed by atoms with Crippen LogP contribution in [0.2, 0.25) is 0 Å². The van der Waals surface area contributed by atoms with Crippen LogP contribution in [0.1, 0.15) is 11.1 Å². The summed E-state index contributed by atoms with van der Waals surface area (Å²) in [5.74, 6) is -2.38. The third-order valence-electron chi connectivity index (χ3n) is 3.90. The number of nitrogens with one attached hydrogen (secondary N) is 2. The number of nitrogens with zero attached hydrogens (tertiary/aromatic N) is 1. The zero-order valence-electron chi connectivity index (χ0n) is 14.0. The highest BCUT2D eigenvalue weighted by molar-refractivity contribution is 6.02. The number of rotatable bonds is 5. The molecule has 0 aliphatic carbocycles. The van der Waals surface area contributed by atoms with Gasteiger partial charge in [0.1, 0.15) is 11.6 Å². The van der Waals surface area contributed by atoms with E-state index < -0.39 is 23.6 Å². The molecule has 0 unspecified atom stereocenters. The van der Waals surface area contributed by atoms with Crippen LogP contribution >= 0.6 is 0 Å². The molecule has 1 saturated heterocycles. The molecule has 138 valence electrons. The van der Waals surface area contributed by atoms with Gasteiger partial charge in [0.25, 0.3) is 0 Å². The van der Waals surface area contributed by atoms with E-state index in [1.807, 2.05) is 0 Å². The van der Waals surface area contributed by atoms with E-state index in [1.165, 1.54) is 6.07 Å². The first-order valence-corrected chi connectivity index (χ1v) is 8.04. The maximum absolute atomic E-state index is 13.5. The van der Waals surface area contributed by atoms with Crippen molar-refractivity contribution in [2.45, 2.75) is 6.54 Å². The molecular formula is C19H15F2N3O3. The number of benzene rings is 2. The fourth-order valence-corrected chi connectivity index (χ4v) is 2.50. The van der Waals surface area contributed by atoms with Crippen molar-refractivity contribution in [3.63, 3.8) is 0 Å². The highest BCUT2D eigenvalue weighted by Gasteiger charge is 2.28. The summed E-state index contributed by atoms with van der Waals surface area (Å²) in [5.41, 5.74) is 0.874. The van der Waals surface area contributed by atoms with Crippen molar-refractivity contribution < 1.29 is 23.2 Å². The quantitative estimate of drug-likeness (QED) is 0.627. The van der Waals surface area contributed by atoms with Crippen LogP contribution in [0.25, 0.3) is 6.08 Å². The smallest absolute Gasteiger partial charge is 0.324 e. The molecule has 1 aliphatic heterocycles. The predicted octanol–water partition coefficient (Wildman–Crippen LogP) is 2.67. The third kappa shape index (κ3) is 4.35. The molecule has 1 heterocycles. The highest BCUT2D eigenvalue weighted by atomic mass is 19.1. The van der Waals surface area contributed by atoms with E-state index in [2.05, 4.69) is 10.6 Å². The largest absolute Gasteiger partial charge is 0.329 e. The predicted molar refractivity (Wildman–Crippen MR) is 94.4 cm³/mol. The summed E-state index contributed by atoms with van der Waals surface area (Å²) in [6.07, 6.45) is 2.09. The summed E-state index contributed by atoms with van der Waals surface area (Å²) >= 11 is 0. The number of urea groups is 1. The van der Waals surface area contributed by atoms with Gasteiger partial charge >= 0.3 is 6.03 Å². The number of imide groups is 1. The lowest BCUT2D eigenvalue weighted by Crippen LogP contribution is -2.30. The van der Waals surface area contributed by atoms with Crippen LogP contribution in [0.15, 0.2) is 48.5 Å². The lowest BCUT2D eigenvalue weighted by molar-refractivity contribution is -0.125. The van der Waals surface area contributed by atoms with Gasteiger partial charge in [0.2, 0.25) is 11.8 Å². The number of halogens is 2. The second kappa shape index (κ2) is 7.77. The maximum Gasteiger partial charge on any atom is 0.324 e.